The first-order valence-electron chi connectivity index (χ1n) is 6.62. The van der Waals surface area contributed by atoms with Crippen molar-refractivity contribution in [2.75, 3.05) is 4.72 Å². The Balaban J connectivity index is 2.04. The Morgan fingerprint density at radius 3 is 2.52 bits per heavy atom. The van der Waals surface area contributed by atoms with Gasteiger partial charge in [0.25, 0.3) is 10.0 Å². The number of rotatable bonds is 4. The summed E-state index contributed by atoms with van der Waals surface area (Å²) < 4.78 is 45.9. The molecule has 0 atom stereocenters. The fraction of sp³-hybridized carbons (Fsp3) is 0.0667. The molecule has 0 aliphatic rings. The van der Waals surface area contributed by atoms with E-state index in [0.717, 1.165) is 12.0 Å². The molecule has 2 aromatic carbocycles. The zero-order valence-electron chi connectivity index (χ0n) is 12.0. The maximum Gasteiger partial charge on any atom is 0.261 e. The fourth-order valence-electron chi connectivity index (χ4n) is 2.04. The van der Waals surface area contributed by atoms with E-state index < -0.39 is 15.8 Å². The van der Waals surface area contributed by atoms with Crippen molar-refractivity contribution in [3.8, 4) is 11.4 Å². The van der Waals surface area contributed by atoms with Gasteiger partial charge in [0.2, 0.25) is 12.2 Å². The molecule has 1 aromatic heterocycles. The van der Waals surface area contributed by atoms with Crippen molar-refractivity contribution >= 4 is 15.7 Å². The molecule has 8 heteroatoms. The molecule has 23 heavy (non-hydrogen) atoms. The highest BCUT2D eigenvalue weighted by Crippen LogP contribution is 2.30. The van der Waals surface area contributed by atoms with Crippen LogP contribution in [0.1, 0.15) is 5.56 Å². The van der Waals surface area contributed by atoms with Gasteiger partial charge in [0.1, 0.15) is 5.82 Å². The quantitative estimate of drug-likeness (QED) is 0.793. The van der Waals surface area contributed by atoms with Gasteiger partial charge in [-0.25, -0.2) is 12.8 Å². The number of nitrogens with one attached hydrogen (secondary N) is 1. The molecule has 118 valence electrons. The van der Waals surface area contributed by atoms with E-state index in [2.05, 4.69) is 19.4 Å². The van der Waals surface area contributed by atoms with Crippen LogP contribution in [0.25, 0.3) is 11.4 Å². The van der Waals surface area contributed by atoms with E-state index in [0.29, 0.717) is 0 Å². The van der Waals surface area contributed by atoms with Gasteiger partial charge >= 0.3 is 0 Å². The number of aryl methyl sites for hydroxylation is 1. The normalized spacial score (nSPS) is 11.4. The van der Waals surface area contributed by atoms with Gasteiger partial charge in [-0.1, -0.05) is 28.9 Å². The standard InChI is InChI=1S/C15H12FN3O3S/c1-10-5-7-11(8-6-10)23(20,21)19-13-4-2-3-12(16)14(13)15-17-9-22-18-15/h2-9,19H,1H3. The van der Waals surface area contributed by atoms with Crippen LogP contribution in [0.3, 0.4) is 0 Å². The van der Waals surface area contributed by atoms with Crippen LogP contribution in [0.2, 0.25) is 0 Å². The molecule has 1 N–H and O–H groups in total. The number of hydrogen-bond donors (Lipinski definition) is 1. The van der Waals surface area contributed by atoms with Crippen molar-refractivity contribution in [3.63, 3.8) is 0 Å². The second-order valence-corrected chi connectivity index (χ2v) is 6.52. The molecule has 0 saturated carbocycles. The SMILES string of the molecule is Cc1ccc(S(=O)(=O)Nc2cccc(F)c2-c2ncon2)cc1. The lowest BCUT2D eigenvalue weighted by atomic mass is 10.1. The van der Waals surface area contributed by atoms with Gasteiger partial charge in [-0.15, -0.1) is 0 Å². The summed E-state index contributed by atoms with van der Waals surface area (Å²) in [6.45, 7) is 1.85. The van der Waals surface area contributed by atoms with Gasteiger partial charge in [-0.2, -0.15) is 4.98 Å². The predicted molar refractivity (Wildman–Crippen MR) is 81.7 cm³/mol. The summed E-state index contributed by atoms with van der Waals surface area (Å²) in [5.41, 5.74) is 0.895. The van der Waals surface area contributed by atoms with Crippen molar-refractivity contribution < 1.29 is 17.3 Å². The minimum absolute atomic E-state index is 0.0342. The number of halogens is 1. The average molecular weight is 333 g/mol. The minimum Gasteiger partial charge on any atom is -0.342 e. The Bertz CT molecular complexity index is 923. The van der Waals surface area contributed by atoms with Gasteiger partial charge < -0.3 is 4.52 Å². The molecule has 6 nitrogen and oxygen atoms in total. The largest absolute Gasteiger partial charge is 0.342 e. The summed E-state index contributed by atoms with van der Waals surface area (Å²) in [6, 6.07) is 10.3. The summed E-state index contributed by atoms with van der Waals surface area (Å²) in [6.07, 6.45) is 1.04. The van der Waals surface area contributed by atoms with Gasteiger partial charge in [-0.3, -0.25) is 4.72 Å². The second-order valence-electron chi connectivity index (χ2n) is 4.84. The number of hydrogen-bond acceptors (Lipinski definition) is 5. The van der Waals surface area contributed by atoms with E-state index in [1.807, 2.05) is 6.92 Å². The van der Waals surface area contributed by atoms with E-state index in [9.17, 15) is 12.8 Å². The first-order chi connectivity index (χ1) is 11.0. The van der Waals surface area contributed by atoms with E-state index in [1.54, 1.807) is 12.1 Å². The Hall–Kier alpha value is -2.74. The number of nitrogens with zero attached hydrogens (tertiary/aromatic N) is 2. The lowest BCUT2D eigenvalue weighted by Gasteiger charge is -2.11. The van der Waals surface area contributed by atoms with Crippen molar-refractivity contribution in [2.45, 2.75) is 11.8 Å². The minimum atomic E-state index is -3.86. The third-order valence-corrected chi connectivity index (χ3v) is 4.56. The van der Waals surface area contributed by atoms with Crippen LogP contribution >= 0.6 is 0 Å². The molecule has 0 bridgehead atoms. The maximum atomic E-state index is 14.1. The van der Waals surface area contributed by atoms with Crippen LogP contribution in [0, 0.1) is 12.7 Å². The van der Waals surface area contributed by atoms with Gasteiger partial charge in [0.05, 0.1) is 16.1 Å². The lowest BCUT2D eigenvalue weighted by Crippen LogP contribution is -2.14. The molecule has 0 aliphatic carbocycles. The van der Waals surface area contributed by atoms with E-state index in [1.165, 1.54) is 30.3 Å². The number of benzene rings is 2. The Kier molecular flexibility index (Phi) is 3.83. The predicted octanol–water partition coefficient (Wildman–Crippen LogP) is 2.98. The average Bonchev–Trinajstić information content (AvgIpc) is 3.01. The van der Waals surface area contributed by atoms with Crippen LogP contribution in [0.5, 0.6) is 0 Å². The molecular formula is C15H12FN3O3S. The van der Waals surface area contributed by atoms with Crippen molar-refractivity contribution in [1.82, 2.24) is 10.1 Å². The summed E-state index contributed by atoms with van der Waals surface area (Å²) in [5, 5.41) is 3.56. The van der Waals surface area contributed by atoms with E-state index in [-0.39, 0.29) is 22.0 Å². The molecule has 0 radical (unpaired) electrons. The van der Waals surface area contributed by atoms with Gasteiger partial charge in [0, 0.05) is 0 Å². The number of anilines is 1. The molecule has 0 unspecified atom stereocenters. The molecule has 3 aromatic rings. The third-order valence-electron chi connectivity index (χ3n) is 3.17. The zero-order chi connectivity index (χ0) is 16.4. The smallest absolute Gasteiger partial charge is 0.261 e. The van der Waals surface area contributed by atoms with Crippen LogP contribution in [-0.2, 0) is 10.0 Å². The van der Waals surface area contributed by atoms with Gasteiger partial charge in [0.15, 0.2) is 0 Å². The Labute approximate surface area is 132 Å². The topological polar surface area (TPSA) is 85.1 Å². The molecule has 0 fully saturated rings. The van der Waals surface area contributed by atoms with E-state index >= 15 is 0 Å². The summed E-state index contributed by atoms with van der Waals surface area (Å²) in [5.74, 6) is -0.694. The summed E-state index contributed by atoms with van der Waals surface area (Å²) in [7, 11) is -3.86. The summed E-state index contributed by atoms with van der Waals surface area (Å²) >= 11 is 0. The highest BCUT2D eigenvalue weighted by Gasteiger charge is 2.20. The van der Waals surface area contributed by atoms with Crippen molar-refractivity contribution in [1.29, 1.82) is 0 Å². The molecule has 3 rings (SSSR count). The Morgan fingerprint density at radius 1 is 1.13 bits per heavy atom. The maximum absolute atomic E-state index is 14.1. The molecule has 0 aliphatic heterocycles. The van der Waals surface area contributed by atoms with Crippen molar-refractivity contribution in [2.24, 2.45) is 0 Å². The number of aromatic nitrogens is 2. The Morgan fingerprint density at radius 2 is 1.87 bits per heavy atom. The molecule has 0 saturated heterocycles. The van der Waals surface area contributed by atoms with Gasteiger partial charge in [-0.05, 0) is 31.2 Å². The van der Waals surface area contributed by atoms with Crippen LogP contribution in [0.4, 0.5) is 10.1 Å². The number of sulfonamides is 1. The van der Waals surface area contributed by atoms with E-state index in [4.69, 9.17) is 0 Å². The molecule has 0 spiro atoms. The molecule has 0 amide bonds. The molecular weight excluding hydrogens is 321 g/mol. The van der Waals surface area contributed by atoms with Crippen LogP contribution in [0.15, 0.2) is 58.3 Å². The van der Waals surface area contributed by atoms with Crippen LogP contribution < -0.4 is 4.72 Å². The summed E-state index contributed by atoms with van der Waals surface area (Å²) in [4.78, 5) is 3.85. The van der Waals surface area contributed by atoms with Crippen molar-refractivity contribution in [3.05, 3.63) is 60.2 Å². The third kappa shape index (κ3) is 3.07. The first kappa shape index (κ1) is 15.2. The zero-order valence-corrected chi connectivity index (χ0v) is 12.8. The monoisotopic (exact) mass is 333 g/mol. The van der Waals surface area contributed by atoms with Crippen LogP contribution in [-0.4, -0.2) is 18.6 Å². The second kappa shape index (κ2) is 5.81. The first-order valence-corrected chi connectivity index (χ1v) is 8.10. The molecule has 1 heterocycles. The lowest BCUT2D eigenvalue weighted by molar-refractivity contribution is 0.418. The highest BCUT2D eigenvalue weighted by atomic mass is 32.2. The highest BCUT2D eigenvalue weighted by molar-refractivity contribution is 7.92. The fourth-order valence-corrected chi connectivity index (χ4v) is 3.11.